The predicted octanol–water partition coefficient (Wildman–Crippen LogP) is 5.81. The third kappa shape index (κ3) is 5.66. The Hall–Kier alpha value is -2.95. The number of likely N-dealkylation sites (tertiary alicyclic amines) is 1. The lowest BCUT2D eigenvalue weighted by atomic mass is 10.1. The van der Waals surface area contributed by atoms with E-state index < -0.39 is 17.9 Å². The second kappa shape index (κ2) is 10.3. The average Bonchev–Trinajstić information content (AvgIpc) is 3.45. The molecule has 0 radical (unpaired) electrons. The Morgan fingerprint density at radius 1 is 1.20 bits per heavy atom. The second-order valence-electron chi connectivity index (χ2n) is 8.55. The third-order valence-corrected chi connectivity index (χ3v) is 6.74. The van der Waals surface area contributed by atoms with Crippen molar-refractivity contribution in [3.05, 3.63) is 75.5 Å². The molecule has 0 spiro atoms. The molecule has 7 nitrogen and oxygen atoms in total. The quantitative estimate of drug-likeness (QED) is 0.420. The first-order chi connectivity index (χ1) is 16.7. The molecule has 0 aliphatic carbocycles. The van der Waals surface area contributed by atoms with E-state index >= 15 is 0 Å². The van der Waals surface area contributed by atoms with Gasteiger partial charge >= 0.3 is 12.2 Å². The van der Waals surface area contributed by atoms with Crippen LogP contribution < -0.4 is 5.32 Å². The van der Waals surface area contributed by atoms with E-state index in [1.54, 1.807) is 4.90 Å². The summed E-state index contributed by atoms with van der Waals surface area (Å²) in [5.41, 5.74) is 0.661. The van der Waals surface area contributed by atoms with Crippen molar-refractivity contribution in [1.82, 2.24) is 30.0 Å². The molecule has 0 bridgehead atoms. The van der Waals surface area contributed by atoms with Crippen LogP contribution in [0.2, 0.25) is 0 Å². The number of hydrogen-bond acceptors (Lipinski definition) is 4. The van der Waals surface area contributed by atoms with Gasteiger partial charge in [-0.15, -0.1) is 10.2 Å². The van der Waals surface area contributed by atoms with Crippen LogP contribution in [0.25, 0.3) is 0 Å². The molecule has 3 aromatic rings. The summed E-state index contributed by atoms with van der Waals surface area (Å²) >= 11 is 3.45. The Morgan fingerprint density at radius 2 is 1.94 bits per heavy atom. The van der Waals surface area contributed by atoms with Crippen molar-refractivity contribution in [2.45, 2.75) is 57.9 Å². The Labute approximate surface area is 209 Å². The number of benzene rings is 1. The largest absolute Gasteiger partial charge is 0.433 e. The van der Waals surface area contributed by atoms with Crippen LogP contribution in [0.1, 0.15) is 66.7 Å². The van der Waals surface area contributed by atoms with Crippen molar-refractivity contribution >= 4 is 22.0 Å². The number of amides is 2. The van der Waals surface area contributed by atoms with Gasteiger partial charge in [0, 0.05) is 17.2 Å². The average molecular weight is 551 g/mol. The van der Waals surface area contributed by atoms with E-state index in [-0.39, 0.29) is 12.1 Å². The summed E-state index contributed by atoms with van der Waals surface area (Å²) in [6, 6.07) is 9.33. The minimum absolute atomic E-state index is 0.241. The first kappa shape index (κ1) is 25.2. The van der Waals surface area contributed by atoms with Crippen LogP contribution in [0.4, 0.5) is 18.0 Å². The zero-order valence-corrected chi connectivity index (χ0v) is 21.0. The van der Waals surface area contributed by atoms with Gasteiger partial charge in [0.15, 0.2) is 5.82 Å². The molecule has 4 rings (SSSR count). The lowest BCUT2D eigenvalue weighted by Gasteiger charge is -2.27. The second-order valence-corrected chi connectivity index (χ2v) is 9.47. The van der Waals surface area contributed by atoms with E-state index in [2.05, 4.69) is 36.4 Å². The van der Waals surface area contributed by atoms with Crippen molar-refractivity contribution < 1.29 is 18.0 Å². The highest BCUT2D eigenvalue weighted by atomic mass is 79.9. The number of urea groups is 1. The van der Waals surface area contributed by atoms with Crippen molar-refractivity contribution in [2.24, 2.45) is 0 Å². The van der Waals surface area contributed by atoms with E-state index in [1.165, 1.54) is 12.3 Å². The summed E-state index contributed by atoms with van der Waals surface area (Å²) in [7, 11) is 0. The molecule has 1 aliphatic rings. The number of aryl methyl sites for hydroxylation is 1. The standard InChI is InChI=1S/C24H26BrF3N6O/c1-3-19(17-8-11-21(29-13-17)24(26,27)28)30-23(35)33-12-4-5-20(33)22-32-31-15(2)34(22)14-16-6-9-18(25)10-7-16/h6-11,13,19-20H,3-5,12,14H2,1-2H3,(H,30,35)/t19-,20+/m0/s1. The van der Waals surface area contributed by atoms with Gasteiger partial charge in [0.05, 0.1) is 18.6 Å². The van der Waals surface area contributed by atoms with Crippen molar-refractivity contribution in [3.63, 3.8) is 0 Å². The molecule has 1 aromatic carbocycles. The van der Waals surface area contributed by atoms with E-state index in [0.717, 1.165) is 40.6 Å². The highest BCUT2D eigenvalue weighted by Gasteiger charge is 2.35. The van der Waals surface area contributed by atoms with Crippen molar-refractivity contribution in [3.8, 4) is 0 Å². The minimum Gasteiger partial charge on any atom is -0.331 e. The molecule has 1 aliphatic heterocycles. The molecular formula is C24H26BrF3N6O. The number of rotatable bonds is 6. The van der Waals surface area contributed by atoms with Gasteiger partial charge in [-0.1, -0.05) is 41.1 Å². The van der Waals surface area contributed by atoms with Crippen LogP contribution in [0.5, 0.6) is 0 Å². The predicted molar refractivity (Wildman–Crippen MR) is 127 cm³/mol. The third-order valence-electron chi connectivity index (χ3n) is 6.22. The van der Waals surface area contributed by atoms with Crippen LogP contribution in [-0.2, 0) is 12.7 Å². The Balaban J connectivity index is 1.51. The molecule has 1 fully saturated rings. The number of nitrogens with one attached hydrogen (secondary N) is 1. The Bertz CT molecular complexity index is 1160. The highest BCUT2D eigenvalue weighted by Crippen LogP contribution is 2.33. The van der Waals surface area contributed by atoms with Gasteiger partial charge < -0.3 is 14.8 Å². The van der Waals surface area contributed by atoms with Crippen LogP contribution in [-0.4, -0.2) is 37.2 Å². The molecule has 186 valence electrons. The van der Waals surface area contributed by atoms with Gasteiger partial charge in [-0.25, -0.2) is 4.79 Å². The lowest BCUT2D eigenvalue weighted by Crippen LogP contribution is -2.41. The maximum absolute atomic E-state index is 13.3. The molecule has 3 heterocycles. The van der Waals surface area contributed by atoms with E-state index in [0.29, 0.717) is 25.1 Å². The first-order valence-corrected chi connectivity index (χ1v) is 12.2. The summed E-state index contributed by atoms with van der Waals surface area (Å²) in [5, 5.41) is 11.6. The smallest absolute Gasteiger partial charge is 0.331 e. The molecule has 35 heavy (non-hydrogen) atoms. The van der Waals surface area contributed by atoms with Crippen LogP contribution >= 0.6 is 15.9 Å². The maximum atomic E-state index is 13.3. The summed E-state index contributed by atoms with van der Waals surface area (Å²) in [5.74, 6) is 1.49. The fourth-order valence-electron chi connectivity index (χ4n) is 4.32. The van der Waals surface area contributed by atoms with Gasteiger partial charge in [-0.2, -0.15) is 13.2 Å². The monoisotopic (exact) mass is 550 g/mol. The molecule has 1 N–H and O–H groups in total. The normalized spacial score (nSPS) is 17.0. The number of nitrogens with zero attached hydrogens (tertiary/aromatic N) is 5. The summed E-state index contributed by atoms with van der Waals surface area (Å²) in [4.78, 5) is 18.5. The van der Waals surface area contributed by atoms with E-state index in [9.17, 15) is 18.0 Å². The number of hydrogen-bond donors (Lipinski definition) is 1. The first-order valence-electron chi connectivity index (χ1n) is 11.4. The van der Waals surface area contributed by atoms with Crippen molar-refractivity contribution in [1.29, 1.82) is 0 Å². The molecule has 0 unspecified atom stereocenters. The minimum atomic E-state index is -4.50. The molecular weight excluding hydrogens is 525 g/mol. The zero-order valence-electron chi connectivity index (χ0n) is 19.4. The van der Waals surface area contributed by atoms with Crippen molar-refractivity contribution in [2.75, 3.05) is 6.54 Å². The van der Waals surface area contributed by atoms with Gasteiger partial charge in [-0.05, 0) is 55.5 Å². The van der Waals surface area contributed by atoms with E-state index in [1.807, 2.05) is 42.7 Å². The molecule has 2 aromatic heterocycles. The highest BCUT2D eigenvalue weighted by molar-refractivity contribution is 9.10. The van der Waals surface area contributed by atoms with Crippen LogP contribution in [0, 0.1) is 6.92 Å². The molecule has 1 saturated heterocycles. The summed E-state index contributed by atoms with van der Waals surface area (Å²) in [6.07, 6.45) is -1.24. The topological polar surface area (TPSA) is 75.9 Å². The maximum Gasteiger partial charge on any atom is 0.433 e. The van der Waals surface area contributed by atoms with Gasteiger partial charge in [-0.3, -0.25) is 4.98 Å². The lowest BCUT2D eigenvalue weighted by molar-refractivity contribution is -0.141. The van der Waals surface area contributed by atoms with E-state index in [4.69, 9.17) is 0 Å². The number of pyridine rings is 1. The summed E-state index contributed by atoms with van der Waals surface area (Å²) in [6.45, 7) is 4.90. The molecule has 2 atom stereocenters. The molecule has 0 saturated carbocycles. The number of halogens is 4. The molecule has 11 heteroatoms. The SMILES string of the molecule is CC[C@H](NC(=O)N1CCC[C@@H]1c1nnc(C)n1Cc1ccc(Br)cc1)c1ccc(C(F)(F)F)nc1. The van der Waals surface area contributed by atoms with Gasteiger partial charge in [0.25, 0.3) is 0 Å². The zero-order chi connectivity index (χ0) is 25.2. The van der Waals surface area contributed by atoms with Gasteiger partial charge in [0.2, 0.25) is 0 Å². The fraction of sp³-hybridized carbons (Fsp3) is 0.417. The number of alkyl halides is 3. The van der Waals surface area contributed by atoms with Crippen LogP contribution in [0.15, 0.2) is 47.1 Å². The number of carbonyl (C=O) groups is 1. The molecule has 2 amide bonds. The van der Waals surface area contributed by atoms with Gasteiger partial charge in [0.1, 0.15) is 11.5 Å². The fourth-order valence-corrected chi connectivity index (χ4v) is 4.59. The van der Waals surface area contributed by atoms with Crippen LogP contribution in [0.3, 0.4) is 0 Å². The Morgan fingerprint density at radius 3 is 2.57 bits per heavy atom. The Kier molecular flexibility index (Phi) is 7.44. The number of carbonyl (C=O) groups excluding carboxylic acids is 1. The summed E-state index contributed by atoms with van der Waals surface area (Å²) < 4.78 is 41.6. The number of aromatic nitrogens is 4.